The van der Waals surface area contributed by atoms with Crippen LogP contribution in [0.3, 0.4) is 0 Å². The molecule has 5 nitrogen and oxygen atoms in total. The van der Waals surface area contributed by atoms with Crippen LogP contribution in [0.5, 0.6) is 0 Å². The van der Waals surface area contributed by atoms with Crippen LogP contribution >= 0.6 is 0 Å². The molecule has 0 aromatic heterocycles. The Morgan fingerprint density at radius 2 is 1.76 bits per heavy atom. The maximum Gasteiger partial charge on any atom is 0.302 e. The Balaban J connectivity index is 1.71. The molecule has 0 bridgehead atoms. The van der Waals surface area contributed by atoms with Gasteiger partial charge in [-0.3, -0.25) is 9.59 Å². The quantitative estimate of drug-likeness (QED) is 0.706. The molecular formula is C24H35NO4. The van der Waals surface area contributed by atoms with Gasteiger partial charge in [-0.25, -0.2) is 0 Å². The van der Waals surface area contributed by atoms with Gasteiger partial charge in [-0.2, -0.15) is 5.26 Å². The highest BCUT2D eigenvalue weighted by Gasteiger charge is 2.71. The minimum atomic E-state index is -0.771. The highest BCUT2D eigenvalue weighted by atomic mass is 16.5. The summed E-state index contributed by atoms with van der Waals surface area (Å²) in [7, 11) is 0. The Kier molecular flexibility index (Phi) is 4.89. The molecule has 0 radical (unpaired) electrons. The number of carbonyl (C=O) groups excluding carboxylic acids is 2. The maximum atomic E-state index is 12.3. The summed E-state index contributed by atoms with van der Waals surface area (Å²) in [5, 5.41) is 22.1. The number of carbonyl (C=O) groups is 2. The van der Waals surface area contributed by atoms with Crippen molar-refractivity contribution in [3.05, 3.63) is 0 Å². The van der Waals surface area contributed by atoms with Gasteiger partial charge in [0, 0.05) is 12.8 Å². The molecule has 0 heterocycles. The van der Waals surface area contributed by atoms with Crippen molar-refractivity contribution in [2.75, 3.05) is 0 Å². The van der Waals surface area contributed by atoms with E-state index in [1.165, 1.54) is 6.92 Å². The van der Waals surface area contributed by atoms with Crippen LogP contribution in [-0.2, 0) is 14.3 Å². The molecule has 9 atom stereocenters. The van der Waals surface area contributed by atoms with Gasteiger partial charge in [-0.1, -0.05) is 13.8 Å². The summed E-state index contributed by atoms with van der Waals surface area (Å²) in [6.45, 7) is 7.54. The molecule has 160 valence electrons. The summed E-state index contributed by atoms with van der Waals surface area (Å²) in [4.78, 5) is 23.8. The Hall–Kier alpha value is -1.41. The molecule has 0 aromatic carbocycles. The zero-order chi connectivity index (χ0) is 21.2. The molecule has 4 rings (SSSR count). The number of aliphatic hydroxyl groups is 1. The average Bonchev–Trinajstić information content (AvgIpc) is 2.97. The van der Waals surface area contributed by atoms with Crippen molar-refractivity contribution < 1.29 is 19.4 Å². The first-order chi connectivity index (χ1) is 13.6. The van der Waals surface area contributed by atoms with E-state index in [1.807, 2.05) is 0 Å². The third kappa shape index (κ3) is 2.67. The van der Waals surface area contributed by atoms with Crippen LogP contribution in [0.15, 0.2) is 0 Å². The van der Waals surface area contributed by atoms with Crippen molar-refractivity contribution in [1.82, 2.24) is 0 Å². The van der Waals surface area contributed by atoms with E-state index in [2.05, 4.69) is 19.9 Å². The predicted octanol–water partition coefficient (Wildman–Crippen LogP) is 4.03. The van der Waals surface area contributed by atoms with E-state index >= 15 is 0 Å². The van der Waals surface area contributed by atoms with E-state index in [1.54, 1.807) is 6.92 Å². The number of nitriles is 1. The number of hydrogen-bond donors (Lipinski definition) is 1. The highest BCUT2D eigenvalue weighted by Crippen LogP contribution is 2.72. The number of hydrogen-bond acceptors (Lipinski definition) is 5. The molecule has 4 saturated carbocycles. The summed E-state index contributed by atoms with van der Waals surface area (Å²) in [5.74, 6) is 0.732. The van der Waals surface area contributed by atoms with Gasteiger partial charge < -0.3 is 9.84 Å². The fraction of sp³-hybridized carbons (Fsp3) is 0.875. The Labute approximate surface area is 174 Å². The summed E-state index contributed by atoms with van der Waals surface area (Å²) >= 11 is 0. The van der Waals surface area contributed by atoms with E-state index in [9.17, 15) is 20.0 Å². The Bertz CT molecular complexity index is 758. The second-order valence-corrected chi connectivity index (χ2v) is 10.9. The fourth-order valence-electron chi connectivity index (χ4n) is 8.61. The molecule has 0 spiro atoms. The summed E-state index contributed by atoms with van der Waals surface area (Å²) in [6, 6.07) is 2.70. The highest BCUT2D eigenvalue weighted by molar-refractivity contribution is 5.79. The molecule has 4 aliphatic rings. The molecule has 4 fully saturated rings. The number of aliphatic hydroxyl groups excluding tert-OH is 1. The summed E-state index contributed by atoms with van der Waals surface area (Å²) in [5.41, 5.74) is -1.25. The molecule has 0 aromatic rings. The van der Waals surface area contributed by atoms with Gasteiger partial charge in [0.1, 0.15) is 11.9 Å². The van der Waals surface area contributed by atoms with Crippen molar-refractivity contribution >= 4 is 11.8 Å². The van der Waals surface area contributed by atoms with E-state index in [0.29, 0.717) is 12.3 Å². The van der Waals surface area contributed by atoms with Crippen LogP contribution in [0.4, 0.5) is 0 Å². The van der Waals surface area contributed by atoms with Crippen molar-refractivity contribution in [1.29, 1.82) is 5.26 Å². The number of ketones is 1. The van der Waals surface area contributed by atoms with Crippen molar-refractivity contribution in [3.8, 4) is 6.07 Å². The topological polar surface area (TPSA) is 87.4 Å². The second kappa shape index (κ2) is 6.80. The number of Topliss-reactive ketones (excluding diaryl/α,β-unsaturated/α-hetero) is 1. The van der Waals surface area contributed by atoms with E-state index in [4.69, 9.17) is 4.74 Å². The Morgan fingerprint density at radius 1 is 1.07 bits per heavy atom. The Morgan fingerprint density at radius 3 is 2.38 bits per heavy atom. The third-order valence-corrected chi connectivity index (χ3v) is 9.85. The minimum Gasteiger partial charge on any atom is -0.463 e. The summed E-state index contributed by atoms with van der Waals surface area (Å²) < 4.78 is 5.52. The van der Waals surface area contributed by atoms with Crippen LogP contribution in [0, 0.1) is 51.2 Å². The van der Waals surface area contributed by atoms with Crippen LogP contribution in [0.1, 0.15) is 79.1 Å². The zero-order valence-corrected chi connectivity index (χ0v) is 18.2. The average molecular weight is 402 g/mol. The number of rotatable bonds is 2. The normalized spacial score (nSPS) is 51.2. The lowest BCUT2D eigenvalue weighted by Gasteiger charge is -2.66. The smallest absolute Gasteiger partial charge is 0.302 e. The van der Waals surface area contributed by atoms with Crippen LogP contribution < -0.4 is 0 Å². The molecule has 1 N–H and O–H groups in total. The summed E-state index contributed by atoms with van der Waals surface area (Å²) in [6.07, 6.45) is 5.90. The van der Waals surface area contributed by atoms with E-state index < -0.39 is 11.5 Å². The number of nitrogens with zero attached hydrogens (tertiary/aromatic N) is 1. The monoisotopic (exact) mass is 401 g/mol. The molecule has 0 amide bonds. The lowest BCUT2D eigenvalue weighted by Crippen LogP contribution is -2.66. The zero-order valence-electron chi connectivity index (χ0n) is 18.2. The van der Waals surface area contributed by atoms with Gasteiger partial charge >= 0.3 is 5.97 Å². The van der Waals surface area contributed by atoms with E-state index in [-0.39, 0.29) is 46.4 Å². The molecule has 2 unspecified atom stereocenters. The first-order valence-corrected chi connectivity index (χ1v) is 11.4. The minimum absolute atomic E-state index is 0.00377. The first kappa shape index (κ1) is 20.8. The van der Waals surface area contributed by atoms with Crippen molar-refractivity contribution in [2.45, 2.75) is 91.3 Å². The third-order valence-electron chi connectivity index (χ3n) is 9.85. The van der Waals surface area contributed by atoms with Gasteiger partial charge in [0.25, 0.3) is 0 Å². The van der Waals surface area contributed by atoms with E-state index in [0.717, 1.165) is 44.9 Å². The number of esters is 1. The molecule has 0 saturated heterocycles. The maximum absolute atomic E-state index is 12.3. The molecule has 5 heteroatoms. The molecule has 0 aliphatic heterocycles. The predicted molar refractivity (Wildman–Crippen MR) is 107 cm³/mol. The van der Waals surface area contributed by atoms with Crippen molar-refractivity contribution in [3.63, 3.8) is 0 Å². The number of ether oxygens (including phenoxy) is 1. The molecular weight excluding hydrogens is 366 g/mol. The SMILES string of the molecule is CC(=O)O[C@H]1CC[C@@]2(C)[C@@H](CCC3C4CC[C@H](C(C)=O)[C@@]4(C)C[C@H](O)[C@@]32C#N)C1. The lowest BCUT2D eigenvalue weighted by molar-refractivity contribution is -0.218. The fourth-order valence-corrected chi connectivity index (χ4v) is 8.61. The van der Waals surface area contributed by atoms with Gasteiger partial charge in [0.2, 0.25) is 0 Å². The van der Waals surface area contributed by atoms with Gasteiger partial charge in [0.05, 0.1) is 17.6 Å². The van der Waals surface area contributed by atoms with Crippen LogP contribution in [0.2, 0.25) is 0 Å². The lowest BCUT2D eigenvalue weighted by atomic mass is 9.37. The number of fused-ring (bicyclic) bond motifs is 5. The first-order valence-electron chi connectivity index (χ1n) is 11.4. The van der Waals surface area contributed by atoms with Gasteiger partial charge in [-0.05, 0) is 86.9 Å². The van der Waals surface area contributed by atoms with Crippen molar-refractivity contribution in [2.24, 2.45) is 39.9 Å². The van der Waals surface area contributed by atoms with Gasteiger partial charge in [-0.15, -0.1) is 0 Å². The molecule has 4 aliphatic carbocycles. The van der Waals surface area contributed by atoms with Crippen LogP contribution in [-0.4, -0.2) is 29.1 Å². The van der Waals surface area contributed by atoms with Gasteiger partial charge in [0.15, 0.2) is 0 Å². The van der Waals surface area contributed by atoms with Crippen LogP contribution in [0.25, 0.3) is 0 Å². The largest absolute Gasteiger partial charge is 0.463 e. The molecule has 29 heavy (non-hydrogen) atoms. The standard InChI is InChI=1S/C24H35NO4/c1-14(26)18-7-8-19-20-6-5-16-11-17(29-15(2)27)9-10-23(16,4)24(20,13-25)21(28)12-22(18,19)3/h16-21,28H,5-12H2,1-4H3/t16-,17-,18+,19?,20?,21-,22+,23-,24+/m0/s1. The second-order valence-electron chi connectivity index (χ2n) is 10.9.